The third-order valence-corrected chi connectivity index (χ3v) is 2.01. The van der Waals surface area contributed by atoms with Gasteiger partial charge in [0.25, 0.3) is 0 Å². The zero-order chi connectivity index (χ0) is 12.1. The number of carboxylic acid groups (broad SMARTS) is 1. The van der Waals surface area contributed by atoms with Gasteiger partial charge in [0, 0.05) is 0 Å². The highest BCUT2D eigenvalue weighted by Gasteiger charge is 2.17. The van der Waals surface area contributed by atoms with Gasteiger partial charge in [0.15, 0.2) is 5.82 Å². The van der Waals surface area contributed by atoms with Gasteiger partial charge in [0.1, 0.15) is 4.60 Å². The van der Waals surface area contributed by atoms with E-state index in [9.17, 15) is 9.59 Å². The number of carbonyl (C=O) groups is 2. The van der Waals surface area contributed by atoms with E-state index in [4.69, 9.17) is 10.8 Å². The fraction of sp³-hybridized carbons (Fsp3) is 0.250. The van der Waals surface area contributed by atoms with Crippen LogP contribution in [0.2, 0.25) is 0 Å². The minimum atomic E-state index is -1.13. The second kappa shape index (κ2) is 5.52. The van der Waals surface area contributed by atoms with E-state index in [1.54, 1.807) is 0 Å². The minimum Gasteiger partial charge on any atom is -0.481 e. The molecule has 0 saturated heterocycles. The Kier molecular flexibility index (Phi) is 4.32. The van der Waals surface area contributed by atoms with Gasteiger partial charge in [-0.15, -0.1) is 0 Å². The van der Waals surface area contributed by atoms with E-state index in [1.165, 1.54) is 12.4 Å². The number of hydrogen-bond donors (Lipinski definition) is 3. The van der Waals surface area contributed by atoms with Gasteiger partial charge in [-0.1, -0.05) is 0 Å². The molecule has 0 fully saturated rings. The minimum absolute atomic E-state index is 0.217. The molecular weight excluding hydrogens is 280 g/mol. The summed E-state index contributed by atoms with van der Waals surface area (Å²) in [5.74, 6) is -1.53. The van der Waals surface area contributed by atoms with Crippen LogP contribution in [0, 0.1) is 0 Å². The topological polar surface area (TPSA) is 118 Å². The second-order valence-electron chi connectivity index (χ2n) is 2.92. The van der Waals surface area contributed by atoms with Crippen LogP contribution in [0.25, 0.3) is 0 Å². The van der Waals surface area contributed by atoms with E-state index in [-0.39, 0.29) is 5.82 Å². The Balaban J connectivity index is 2.57. The number of halogens is 1. The highest BCUT2D eigenvalue weighted by Crippen LogP contribution is 2.06. The summed E-state index contributed by atoms with van der Waals surface area (Å²) in [5, 5.41) is 10.8. The zero-order valence-electron chi connectivity index (χ0n) is 8.05. The molecule has 0 saturated carbocycles. The second-order valence-corrected chi connectivity index (χ2v) is 3.73. The van der Waals surface area contributed by atoms with E-state index < -0.39 is 24.3 Å². The Morgan fingerprint density at radius 3 is 2.69 bits per heavy atom. The molecule has 16 heavy (non-hydrogen) atoms. The van der Waals surface area contributed by atoms with Crippen molar-refractivity contribution in [3.05, 3.63) is 17.0 Å². The number of nitrogens with one attached hydrogen (secondary N) is 1. The first-order chi connectivity index (χ1) is 7.49. The molecule has 0 aliphatic carbocycles. The average Bonchev–Trinajstić information content (AvgIpc) is 2.20. The summed E-state index contributed by atoms with van der Waals surface area (Å²) >= 11 is 3.08. The van der Waals surface area contributed by atoms with Crippen LogP contribution in [-0.4, -0.2) is 33.0 Å². The number of nitrogens with two attached hydrogens (primary N) is 1. The Morgan fingerprint density at radius 1 is 1.50 bits per heavy atom. The van der Waals surface area contributed by atoms with Crippen LogP contribution in [0.3, 0.4) is 0 Å². The van der Waals surface area contributed by atoms with Gasteiger partial charge in [-0.05, 0) is 15.9 Å². The van der Waals surface area contributed by atoms with Gasteiger partial charge >= 0.3 is 5.97 Å². The van der Waals surface area contributed by atoms with Crippen LogP contribution < -0.4 is 11.1 Å². The summed E-state index contributed by atoms with van der Waals surface area (Å²) in [6, 6.07) is -1.11. The number of carbonyl (C=O) groups excluding carboxylic acids is 1. The van der Waals surface area contributed by atoms with E-state index in [1.807, 2.05) is 0 Å². The number of hydrogen-bond acceptors (Lipinski definition) is 5. The van der Waals surface area contributed by atoms with Crippen molar-refractivity contribution in [1.29, 1.82) is 0 Å². The van der Waals surface area contributed by atoms with Gasteiger partial charge < -0.3 is 16.2 Å². The Labute approximate surface area is 99.2 Å². The van der Waals surface area contributed by atoms with Crippen molar-refractivity contribution in [2.45, 2.75) is 12.5 Å². The van der Waals surface area contributed by atoms with Gasteiger partial charge in [-0.2, -0.15) is 0 Å². The molecule has 0 bridgehead atoms. The molecule has 1 aromatic heterocycles. The number of anilines is 1. The predicted molar refractivity (Wildman–Crippen MR) is 58.6 cm³/mol. The normalized spacial score (nSPS) is 11.9. The first-order valence-corrected chi connectivity index (χ1v) is 5.04. The molecule has 1 amide bonds. The summed E-state index contributed by atoms with van der Waals surface area (Å²) in [7, 11) is 0. The molecule has 7 nitrogen and oxygen atoms in total. The number of nitrogens with zero attached hydrogens (tertiary/aromatic N) is 2. The lowest BCUT2D eigenvalue weighted by molar-refractivity contribution is -0.138. The molecule has 1 aromatic rings. The molecule has 0 spiro atoms. The lowest BCUT2D eigenvalue weighted by Crippen LogP contribution is -2.37. The molecular formula is C8H9BrN4O3. The highest BCUT2D eigenvalue weighted by molar-refractivity contribution is 9.10. The summed E-state index contributed by atoms with van der Waals surface area (Å²) in [6.07, 6.45) is 2.30. The van der Waals surface area contributed by atoms with Gasteiger partial charge in [0.2, 0.25) is 5.91 Å². The smallest absolute Gasteiger partial charge is 0.305 e. The van der Waals surface area contributed by atoms with Crippen LogP contribution in [-0.2, 0) is 9.59 Å². The number of aliphatic carboxylic acids is 1. The Morgan fingerprint density at radius 2 is 2.19 bits per heavy atom. The van der Waals surface area contributed by atoms with E-state index in [0.29, 0.717) is 4.60 Å². The SMILES string of the molecule is NC(CC(=O)O)C(=O)Nc1cnc(Br)cn1. The first-order valence-electron chi connectivity index (χ1n) is 4.25. The molecule has 1 rings (SSSR count). The lowest BCUT2D eigenvalue weighted by Gasteiger charge is -2.08. The summed E-state index contributed by atoms with van der Waals surface area (Å²) in [4.78, 5) is 29.3. The zero-order valence-corrected chi connectivity index (χ0v) is 9.64. The van der Waals surface area contributed by atoms with Crippen molar-refractivity contribution in [1.82, 2.24) is 9.97 Å². The Hall–Kier alpha value is -1.54. The molecule has 0 aliphatic rings. The fourth-order valence-electron chi connectivity index (χ4n) is 0.877. The van der Waals surface area contributed by atoms with E-state index >= 15 is 0 Å². The third-order valence-electron chi connectivity index (χ3n) is 1.60. The third kappa shape index (κ3) is 3.91. The molecule has 4 N–H and O–H groups in total. The van der Waals surface area contributed by atoms with Gasteiger partial charge in [-0.25, -0.2) is 9.97 Å². The van der Waals surface area contributed by atoms with Crippen LogP contribution in [0.1, 0.15) is 6.42 Å². The Bertz CT molecular complexity index is 395. The molecule has 0 aromatic carbocycles. The van der Waals surface area contributed by atoms with Crippen molar-refractivity contribution < 1.29 is 14.7 Å². The molecule has 0 aliphatic heterocycles. The lowest BCUT2D eigenvalue weighted by atomic mass is 10.2. The molecule has 86 valence electrons. The number of carboxylic acids is 1. The quantitative estimate of drug-likeness (QED) is 0.716. The van der Waals surface area contributed by atoms with Crippen molar-refractivity contribution in [2.24, 2.45) is 5.73 Å². The number of amides is 1. The summed E-state index contributed by atoms with van der Waals surface area (Å²) in [6.45, 7) is 0. The summed E-state index contributed by atoms with van der Waals surface area (Å²) in [5.41, 5.74) is 5.35. The maximum Gasteiger partial charge on any atom is 0.305 e. The van der Waals surface area contributed by atoms with Crippen molar-refractivity contribution in [2.75, 3.05) is 5.32 Å². The van der Waals surface area contributed by atoms with Gasteiger partial charge in [0.05, 0.1) is 24.9 Å². The predicted octanol–water partition coefficient (Wildman–Crippen LogP) is -0.0204. The molecule has 8 heteroatoms. The molecule has 1 heterocycles. The maximum absolute atomic E-state index is 11.4. The van der Waals surface area contributed by atoms with Crippen LogP contribution >= 0.6 is 15.9 Å². The average molecular weight is 289 g/mol. The summed E-state index contributed by atoms with van der Waals surface area (Å²) < 4.78 is 0.528. The number of rotatable bonds is 4. The molecule has 0 radical (unpaired) electrons. The van der Waals surface area contributed by atoms with Crippen LogP contribution in [0.5, 0.6) is 0 Å². The van der Waals surface area contributed by atoms with Crippen LogP contribution in [0.15, 0.2) is 17.0 Å². The standard InChI is InChI=1S/C8H9BrN4O3/c9-5-2-12-6(3-11-5)13-8(16)4(10)1-7(14)15/h2-4H,1,10H2,(H,14,15)(H,12,13,16). The maximum atomic E-state index is 11.4. The van der Waals surface area contributed by atoms with Crippen molar-refractivity contribution in [3.63, 3.8) is 0 Å². The van der Waals surface area contributed by atoms with Crippen LogP contribution in [0.4, 0.5) is 5.82 Å². The van der Waals surface area contributed by atoms with E-state index in [0.717, 1.165) is 0 Å². The van der Waals surface area contributed by atoms with Crippen molar-refractivity contribution in [3.8, 4) is 0 Å². The monoisotopic (exact) mass is 288 g/mol. The highest BCUT2D eigenvalue weighted by atomic mass is 79.9. The molecule has 1 atom stereocenters. The van der Waals surface area contributed by atoms with Gasteiger partial charge in [-0.3, -0.25) is 9.59 Å². The van der Waals surface area contributed by atoms with E-state index in [2.05, 4.69) is 31.2 Å². The van der Waals surface area contributed by atoms with Crippen molar-refractivity contribution >= 4 is 33.6 Å². The largest absolute Gasteiger partial charge is 0.481 e. The molecule has 1 unspecified atom stereocenters. The fourth-order valence-corrected chi connectivity index (χ4v) is 1.08. The number of aromatic nitrogens is 2. The first kappa shape index (κ1) is 12.5.